The summed E-state index contributed by atoms with van der Waals surface area (Å²) in [5.74, 6) is 2.72. The summed E-state index contributed by atoms with van der Waals surface area (Å²) in [6, 6.07) is 40.9. The van der Waals surface area contributed by atoms with Crippen LogP contribution < -0.4 is 4.74 Å². The fourth-order valence-electron chi connectivity index (χ4n) is 7.77. The van der Waals surface area contributed by atoms with Crippen molar-refractivity contribution in [2.24, 2.45) is 0 Å². The van der Waals surface area contributed by atoms with Crippen LogP contribution >= 0.6 is 0 Å². The summed E-state index contributed by atoms with van der Waals surface area (Å²) in [5, 5.41) is 7.62. The first kappa shape index (κ1) is 33.2. The van der Waals surface area contributed by atoms with Crippen molar-refractivity contribution in [3.05, 3.63) is 155 Å². The Balaban J connectivity index is 1.29. The second kappa shape index (κ2) is 13.3. The molecular weight excluding hydrogens is 637 g/mol. The number of hydrogen-bond acceptors (Lipinski definition) is 3. The highest BCUT2D eigenvalue weighted by atomic mass is 16.5. The van der Waals surface area contributed by atoms with Crippen LogP contribution in [0.25, 0.3) is 55.7 Å². The Labute approximate surface area is 306 Å². The van der Waals surface area contributed by atoms with E-state index >= 15 is 0 Å². The van der Waals surface area contributed by atoms with Crippen LogP contribution in [0.2, 0.25) is 0 Å². The topological polar surface area (TPSA) is 44.9 Å². The number of nitrogens with zero attached hydrogens (tertiary/aromatic N) is 4. The molecule has 8 aromatic rings. The van der Waals surface area contributed by atoms with Gasteiger partial charge in [0.25, 0.3) is 0 Å². The van der Waals surface area contributed by atoms with E-state index in [4.69, 9.17) is 14.8 Å². The van der Waals surface area contributed by atoms with Gasteiger partial charge in [-0.3, -0.25) is 4.57 Å². The molecule has 0 saturated carbocycles. The highest BCUT2D eigenvalue weighted by Gasteiger charge is 2.23. The number of aromatic nitrogens is 4. The zero-order chi connectivity index (χ0) is 36.1. The van der Waals surface area contributed by atoms with E-state index in [-0.39, 0.29) is 5.92 Å². The summed E-state index contributed by atoms with van der Waals surface area (Å²) < 4.78 is 11.2. The van der Waals surface area contributed by atoms with Gasteiger partial charge in [0, 0.05) is 40.2 Å². The molecule has 3 heterocycles. The number of aryl methyl sites for hydroxylation is 5. The Hall–Kier alpha value is -5.94. The fourth-order valence-corrected chi connectivity index (χ4v) is 7.77. The average Bonchev–Trinajstić information content (AvgIpc) is 3.65. The quantitative estimate of drug-likeness (QED) is 0.160. The summed E-state index contributed by atoms with van der Waals surface area (Å²) >= 11 is 0. The number of benzene rings is 5. The molecule has 5 aromatic carbocycles. The van der Waals surface area contributed by atoms with Crippen LogP contribution in [-0.4, -0.2) is 19.3 Å². The molecule has 0 amide bonds. The van der Waals surface area contributed by atoms with Crippen LogP contribution in [0, 0.1) is 27.7 Å². The van der Waals surface area contributed by atoms with Crippen molar-refractivity contribution in [1.82, 2.24) is 19.3 Å². The van der Waals surface area contributed by atoms with Crippen molar-refractivity contribution in [3.8, 4) is 45.4 Å². The zero-order valence-corrected chi connectivity index (χ0v) is 31.0. The van der Waals surface area contributed by atoms with Gasteiger partial charge in [-0.1, -0.05) is 87.0 Å². The maximum absolute atomic E-state index is 6.82. The van der Waals surface area contributed by atoms with E-state index in [1.807, 2.05) is 6.20 Å². The lowest BCUT2D eigenvalue weighted by atomic mass is 9.90. The first-order chi connectivity index (χ1) is 25.2. The zero-order valence-electron chi connectivity index (χ0n) is 31.0. The minimum atomic E-state index is 0.280. The second-order valence-electron chi connectivity index (χ2n) is 14.3. The second-order valence-corrected chi connectivity index (χ2v) is 14.3. The number of para-hydroxylation sites is 1. The van der Waals surface area contributed by atoms with Crippen LogP contribution in [0.5, 0.6) is 11.5 Å². The van der Waals surface area contributed by atoms with Crippen LogP contribution in [0.1, 0.15) is 60.2 Å². The third-order valence-corrected chi connectivity index (χ3v) is 10.2. The Bertz CT molecular complexity index is 2580. The van der Waals surface area contributed by atoms with Crippen LogP contribution in [-0.2, 0) is 6.42 Å². The van der Waals surface area contributed by atoms with Gasteiger partial charge in [-0.2, -0.15) is 5.10 Å². The molecule has 0 saturated heterocycles. The molecule has 52 heavy (non-hydrogen) atoms. The van der Waals surface area contributed by atoms with E-state index in [9.17, 15) is 0 Å². The maximum atomic E-state index is 6.82. The fraction of sp³-hybridized carbons (Fsp3) is 0.191. The van der Waals surface area contributed by atoms with E-state index < -0.39 is 0 Å². The smallest absolute Gasteiger partial charge is 0.137 e. The molecule has 0 N–H and O–H groups in total. The molecule has 258 valence electrons. The third kappa shape index (κ3) is 5.86. The van der Waals surface area contributed by atoms with Gasteiger partial charge in [-0.15, -0.1) is 0 Å². The van der Waals surface area contributed by atoms with Crippen molar-refractivity contribution < 1.29 is 4.74 Å². The standard InChI is InChI=1S/C47H44N4O/c1-8-34-20-21-48-44(24-34)50-42-17-13-12-16-40(42)41-19-18-38(28-43(41)50)52-39-26-36(29(2)3)25-37(27-39)51-47(35-14-10-9-11-15-35)46(33(7)49-51)45-31(5)22-30(4)23-32(45)6/h9-29H,8H2,1-7H3. The predicted molar refractivity (Wildman–Crippen MR) is 216 cm³/mol. The minimum Gasteiger partial charge on any atom is -0.457 e. The first-order valence-corrected chi connectivity index (χ1v) is 18.2. The Morgan fingerprint density at radius 1 is 0.673 bits per heavy atom. The molecule has 0 aliphatic carbocycles. The van der Waals surface area contributed by atoms with E-state index in [1.54, 1.807) is 0 Å². The summed E-state index contributed by atoms with van der Waals surface area (Å²) in [5.41, 5.74) is 14.9. The van der Waals surface area contributed by atoms with Gasteiger partial charge in [0.05, 0.1) is 28.1 Å². The number of pyridine rings is 1. The Morgan fingerprint density at radius 3 is 2.15 bits per heavy atom. The number of fused-ring (bicyclic) bond motifs is 3. The van der Waals surface area contributed by atoms with Gasteiger partial charge in [0.1, 0.15) is 17.3 Å². The van der Waals surface area contributed by atoms with E-state index in [1.165, 1.54) is 38.8 Å². The van der Waals surface area contributed by atoms with Gasteiger partial charge in [0.2, 0.25) is 0 Å². The molecule has 0 unspecified atom stereocenters. The lowest BCUT2D eigenvalue weighted by Gasteiger charge is -2.17. The molecule has 0 bridgehead atoms. The molecule has 0 radical (unpaired) electrons. The highest BCUT2D eigenvalue weighted by molar-refractivity contribution is 6.09. The van der Waals surface area contributed by atoms with Crippen LogP contribution in [0.4, 0.5) is 0 Å². The SMILES string of the molecule is CCc1ccnc(-n2c3ccccc3c3ccc(Oc4cc(C(C)C)cc(-n5nc(C)c(-c6c(C)cc(C)cc6C)c5-c5ccccc5)c4)cc32)c1. The van der Waals surface area contributed by atoms with Crippen LogP contribution in [0.3, 0.4) is 0 Å². The molecule has 0 aliphatic heterocycles. The molecule has 5 nitrogen and oxygen atoms in total. The van der Waals surface area contributed by atoms with Crippen molar-refractivity contribution in [2.45, 2.75) is 60.8 Å². The molecule has 0 fully saturated rings. The van der Waals surface area contributed by atoms with Gasteiger partial charge in [0.15, 0.2) is 0 Å². The minimum absolute atomic E-state index is 0.280. The van der Waals surface area contributed by atoms with Gasteiger partial charge >= 0.3 is 0 Å². The summed E-state index contributed by atoms with van der Waals surface area (Å²) in [6.45, 7) is 15.3. The van der Waals surface area contributed by atoms with E-state index in [0.717, 1.165) is 68.4 Å². The van der Waals surface area contributed by atoms with Crippen molar-refractivity contribution >= 4 is 21.8 Å². The molecular formula is C47H44N4O. The monoisotopic (exact) mass is 680 g/mol. The number of ether oxygens (including phenoxy) is 1. The molecule has 8 rings (SSSR count). The third-order valence-electron chi connectivity index (χ3n) is 10.2. The summed E-state index contributed by atoms with van der Waals surface area (Å²) in [7, 11) is 0. The van der Waals surface area contributed by atoms with E-state index in [0.29, 0.717) is 0 Å². The van der Waals surface area contributed by atoms with Gasteiger partial charge in [-0.25, -0.2) is 9.67 Å². The van der Waals surface area contributed by atoms with Crippen molar-refractivity contribution in [2.75, 3.05) is 0 Å². The Kier molecular flexibility index (Phi) is 8.50. The molecule has 3 aromatic heterocycles. The van der Waals surface area contributed by atoms with Crippen LogP contribution in [0.15, 0.2) is 121 Å². The summed E-state index contributed by atoms with van der Waals surface area (Å²) in [4.78, 5) is 4.81. The molecule has 0 aliphatic rings. The number of rotatable bonds is 8. The molecule has 0 spiro atoms. The van der Waals surface area contributed by atoms with Crippen molar-refractivity contribution in [3.63, 3.8) is 0 Å². The maximum Gasteiger partial charge on any atom is 0.137 e. The van der Waals surface area contributed by atoms with Gasteiger partial charge < -0.3 is 4.74 Å². The predicted octanol–water partition coefficient (Wildman–Crippen LogP) is 12.4. The van der Waals surface area contributed by atoms with E-state index in [2.05, 4.69) is 173 Å². The Morgan fingerprint density at radius 2 is 1.40 bits per heavy atom. The largest absolute Gasteiger partial charge is 0.457 e. The first-order valence-electron chi connectivity index (χ1n) is 18.2. The lowest BCUT2D eigenvalue weighted by molar-refractivity contribution is 0.481. The normalized spacial score (nSPS) is 11.6. The molecule has 0 atom stereocenters. The lowest BCUT2D eigenvalue weighted by Crippen LogP contribution is -2.03. The van der Waals surface area contributed by atoms with Crippen molar-refractivity contribution in [1.29, 1.82) is 0 Å². The molecule has 5 heteroatoms. The summed E-state index contributed by atoms with van der Waals surface area (Å²) in [6.07, 6.45) is 2.85. The average molecular weight is 681 g/mol. The number of hydrogen-bond donors (Lipinski definition) is 0. The highest BCUT2D eigenvalue weighted by Crippen LogP contribution is 2.42. The van der Waals surface area contributed by atoms with Gasteiger partial charge in [-0.05, 0) is 110 Å².